The summed E-state index contributed by atoms with van der Waals surface area (Å²) in [6, 6.07) is 0. The van der Waals surface area contributed by atoms with Gasteiger partial charge in [-0.2, -0.15) is 0 Å². The maximum atomic E-state index is 12.2. The summed E-state index contributed by atoms with van der Waals surface area (Å²) in [5.41, 5.74) is -0.0667. The van der Waals surface area contributed by atoms with Crippen molar-refractivity contribution in [2.24, 2.45) is 14.1 Å². The first-order valence-electron chi connectivity index (χ1n) is 7.25. The summed E-state index contributed by atoms with van der Waals surface area (Å²) in [4.78, 5) is 39.3. The van der Waals surface area contributed by atoms with Crippen molar-refractivity contribution in [2.75, 3.05) is 0 Å². The van der Waals surface area contributed by atoms with Crippen LogP contribution in [0.2, 0.25) is 0 Å². The fraction of sp³-hybridized carbons (Fsp3) is 0.571. The van der Waals surface area contributed by atoms with Gasteiger partial charge in [-0.25, -0.2) is 9.78 Å². The van der Waals surface area contributed by atoms with Crippen molar-refractivity contribution in [2.45, 2.75) is 39.2 Å². The highest BCUT2D eigenvalue weighted by Gasteiger charge is 2.18. The molecule has 0 spiro atoms. The Kier molecular flexibility index (Phi) is 4.48. The number of hydrogen-bond acceptors (Lipinski definition) is 4. The van der Waals surface area contributed by atoms with E-state index in [-0.39, 0.29) is 11.9 Å². The van der Waals surface area contributed by atoms with E-state index in [1.807, 2.05) is 11.5 Å². The maximum absolute atomic E-state index is 12.2. The van der Waals surface area contributed by atoms with Gasteiger partial charge >= 0.3 is 11.7 Å². The number of carboxylic acid groups (broad SMARTS) is 1. The molecule has 2 heterocycles. The molecule has 22 heavy (non-hydrogen) atoms. The number of carboxylic acids is 1. The summed E-state index contributed by atoms with van der Waals surface area (Å²) < 4.78 is 4.30. The van der Waals surface area contributed by atoms with Crippen LogP contribution in [0, 0.1) is 0 Å². The summed E-state index contributed by atoms with van der Waals surface area (Å²) in [6.07, 6.45) is 1.77. The molecule has 0 radical (unpaired) electrons. The van der Waals surface area contributed by atoms with Gasteiger partial charge in [0.05, 0.1) is 0 Å². The van der Waals surface area contributed by atoms with Crippen LogP contribution >= 0.6 is 0 Å². The van der Waals surface area contributed by atoms with Gasteiger partial charge in [0, 0.05) is 33.5 Å². The lowest BCUT2D eigenvalue weighted by Crippen LogP contribution is -2.37. The molecule has 8 heteroatoms. The molecule has 0 fully saturated rings. The molecule has 0 aliphatic rings. The predicted octanol–water partition coefficient (Wildman–Crippen LogP) is 0.251. The molecule has 0 aromatic carbocycles. The first-order valence-corrected chi connectivity index (χ1v) is 7.25. The Labute approximate surface area is 126 Å². The van der Waals surface area contributed by atoms with Crippen LogP contribution in [0.1, 0.15) is 32.0 Å². The molecule has 2 aromatic heterocycles. The third kappa shape index (κ3) is 2.68. The second-order valence-corrected chi connectivity index (χ2v) is 5.30. The van der Waals surface area contributed by atoms with Crippen molar-refractivity contribution in [3.05, 3.63) is 26.7 Å². The van der Waals surface area contributed by atoms with Gasteiger partial charge in [0.2, 0.25) is 0 Å². The van der Waals surface area contributed by atoms with Gasteiger partial charge in [0.1, 0.15) is 11.5 Å². The Balaban J connectivity index is 2.62. The van der Waals surface area contributed by atoms with Crippen LogP contribution in [-0.2, 0) is 31.9 Å². The Hall–Kier alpha value is -2.38. The quantitative estimate of drug-likeness (QED) is 0.824. The second kappa shape index (κ2) is 6.17. The van der Waals surface area contributed by atoms with Crippen molar-refractivity contribution in [1.29, 1.82) is 0 Å². The molecule has 0 aliphatic heterocycles. The standard InChI is InChI=1S/C14H20N4O4/c1-4-8-18-9(6-5-7-10(19)20)15-11-12(18)16(2)14(22)17(3)13(11)21/h4-8H2,1-3H3,(H,19,20). The average molecular weight is 308 g/mol. The first-order chi connectivity index (χ1) is 10.4. The molecule has 2 rings (SSSR count). The van der Waals surface area contributed by atoms with E-state index in [4.69, 9.17) is 5.11 Å². The zero-order valence-electron chi connectivity index (χ0n) is 13.0. The Morgan fingerprint density at radius 2 is 1.91 bits per heavy atom. The molecule has 120 valence electrons. The molecule has 2 aromatic rings. The topological polar surface area (TPSA) is 99.1 Å². The van der Waals surface area contributed by atoms with Gasteiger partial charge in [-0.1, -0.05) is 6.92 Å². The van der Waals surface area contributed by atoms with Crippen LogP contribution in [0.3, 0.4) is 0 Å². The minimum absolute atomic E-state index is 0.0479. The Morgan fingerprint density at radius 1 is 1.23 bits per heavy atom. The van der Waals surface area contributed by atoms with Gasteiger partial charge in [0.15, 0.2) is 5.52 Å². The molecule has 1 N–H and O–H groups in total. The minimum Gasteiger partial charge on any atom is -0.481 e. The minimum atomic E-state index is -0.860. The molecule has 0 amide bonds. The number of imidazole rings is 1. The molecule has 0 atom stereocenters. The predicted molar refractivity (Wildman–Crippen MR) is 81.1 cm³/mol. The number of rotatable bonds is 6. The summed E-state index contributed by atoms with van der Waals surface area (Å²) >= 11 is 0. The van der Waals surface area contributed by atoms with Crippen LogP contribution in [-0.4, -0.2) is 29.8 Å². The molecule has 8 nitrogen and oxygen atoms in total. The Bertz CT molecular complexity index is 828. The van der Waals surface area contributed by atoms with Crippen molar-refractivity contribution >= 4 is 17.1 Å². The lowest BCUT2D eigenvalue weighted by molar-refractivity contribution is -0.137. The fourth-order valence-electron chi connectivity index (χ4n) is 2.58. The van der Waals surface area contributed by atoms with Gasteiger partial charge in [0.25, 0.3) is 5.56 Å². The number of aryl methyl sites for hydroxylation is 3. The van der Waals surface area contributed by atoms with Gasteiger partial charge < -0.3 is 9.67 Å². The highest BCUT2D eigenvalue weighted by Crippen LogP contribution is 2.14. The zero-order chi connectivity index (χ0) is 16.4. The number of fused-ring (bicyclic) bond motifs is 1. The van der Waals surface area contributed by atoms with Crippen LogP contribution in [0.4, 0.5) is 0 Å². The summed E-state index contributed by atoms with van der Waals surface area (Å²) in [5.74, 6) is -0.210. The average Bonchev–Trinajstić information content (AvgIpc) is 2.82. The van der Waals surface area contributed by atoms with E-state index in [1.165, 1.54) is 11.6 Å². The fourth-order valence-corrected chi connectivity index (χ4v) is 2.58. The number of aliphatic carboxylic acids is 1. The van der Waals surface area contributed by atoms with Crippen molar-refractivity contribution in [3.63, 3.8) is 0 Å². The smallest absolute Gasteiger partial charge is 0.332 e. The van der Waals surface area contributed by atoms with Gasteiger partial charge in [-0.15, -0.1) is 0 Å². The van der Waals surface area contributed by atoms with E-state index in [0.29, 0.717) is 30.9 Å². The number of carbonyl (C=O) groups is 1. The number of nitrogens with zero attached hydrogens (tertiary/aromatic N) is 4. The van der Waals surface area contributed by atoms with E-state index >= 15 is 0 Å². The monoisotopic (exact) mass is 308 g/mol. The largest absolute Gasteiger partial charge is 0.481 e. The van der Waals surface area contributed by atoms with Crippen LogP contribution in [0.25, 0.3) is 11.2 Å². The summed E-state index contributed by atoms with van der Waals surface area (Å²) in [6.45, 7) is 2.62. The molecule has 0 saturated heterocycles. The molecular weight excluding hydrogens is 288 g/mol. The normalized spacial score (nSPS) is 11.2. The molecule has 0 aliphatic carbocycles. The van der Waals surface area contributed by atoms with E-state index in [1.54, 1.807) is 7.05 Å². The molecular formula is C14H20N4O4. The number of aromatic nitrogens is 4. The van der Waals surface area contributed by atoms with E-state index in [0.717, 1.165) is 11.0 Å². The third-order valence-corrected chi connectivity index (χ3v) is 3.66. The van der Waals surface area contributed by atoms with Gasteiger partial charge in [-0.3, -0.25) is 18.7 Å². The molecule has 0 bridgehead atoms. The maximum Gasteiger partial charge on any atom is 0.332 e. The van der Waals surface area contributed by atoms with Gasteiger partial charge in [-0.05, 0) is 12.8 Å². The zero-order valence-corrected chi connectivity index (χ0v) is 13.0. The first kappa shape index (κ1) is 16.0. The summed E-state index contributed by atoms with van der Waals surface area (Å²) in [7, 11) is 3.03. The van der Waals surface area contributed by atoms with E-state index in [9.17, 15) is 14.4 Å². The lowest BCUT2D eigenvalue weighted by Gasteiger charge is -2.10. The van der Waals surface area contributed by atoms with Crippen LogP contribution < -0.4 is 11.2 Å². The molecule has 0 unspecified atom stereocenters. The lowest BCUT2D eigenvalue weighted by atomic mass is 10.2. The SMILES string of the molecule is CCCn1c(CCCC(=O)O)nc2c(=O)n(C)c(=O)n(C)c21. The van der Waals surface area contributed by atoms with Crippen molar-refractivity contribution in [3.8, 4) is 0 Å². The number of hydrogen-bond donors (Lipinski definition) is 1. The molecule has 0 saturated carbocycles. The van der Waals surface area contributed by atoms with Crippen LogP contribution in [0.15, 0.2) is 9.59 Å². The highest BCUT2D eigenvalue weighted by atomic mass is 16.4. The Morgan fingerprint density at radius 3 is 2.50 bits per heavy atom. The van der Waals surface area contributed by atoms with E-state index < -0.39 is 17.2 Å². The highest BCUT2D eigenvalue weighted by molar-refractivity contribution is 5.71. The van der Waals surface area contributed by atoms with Crippen molar-refractivity contribution in [1.82, 2.24) is 18.7 Å². The second-order valence-electron chi connectivity index (χ2n) is 5.30. The van der Waals surface area contributed by atoms with E-state index in [2.05, 4.69) is 4.98 Å². The van der Waals surface area contributed by atoms with Crippen LogP contribution in [0.5, 0.6) is 0 Å². The summed E-state index contributed by atoms with van der Waals surface area (Å²) in [5, 5.41) is 8.74. The van der Waals surface area contributed by atoms with Crippen molar-refractivity contribution < 1.29 is 9.90 Å². The third-order valence-electron chi connectivity index (χ3n) is 3.66.